The maximum atomic E-state index is 12.3. The maximum Gasteiger partial charge on any atom is 0.289 e. The molecule has 2 N–H and O–H groups in total. The molecule has 1 saturated heterocycles. The Morgan fingerprint density at radius 1 is 1.09 bits per heavy atom. The third kappa shape index (κ3) is 3.10. The fraction of sp³-hybridized carbons (Fsp3) is 0.267. The molecular formula is C15H15N3O5. The summed E-state index contributed by atoms with van der Waals surface area (Å²) in [4.78, 5) is 41.1. The molecular weight excluding hydrogens is 302 g/mol. The van der Waals surface area contributed by atoms with Gasteiger partial charge in [0.15, 0.2) is 11.6 Å². The van der Waals surface area contributed by atoms with Gasteiger partial charge in [0, 0.05) is 38.3 Å². The zero-order valence-corrected chi connectivity index (χ0v) is 12.2. The first kappa shape index (κ1) is 14.9. The molecule has 0 radical (unpaired) electrons. The molecule has 1 aliphatic rings. The number of nitrogens with zero attached hydrogens (tertiary/aromatic N) is 2. The smallest absolute Gasteiger partial charge is 0.289 e. The molecule has 23 heavy (non-hydrogen) atoms. The molecule has 0 spiro atoms. The van der Waals surface area contributed by atoms with Crippen molar-refractivity contribution in [2.24, 2.45) is 0 Å². The van der Waals surface area contributed by atoms with Gasteiger partial charge in [0.2, 0.25) is 0 Å². The molecule has 2 amide bonds. The number of carbonyl (C=O) groups is 2. The third-order valence-corrected chi connectivity index (χ3v) is 3.66. The number of aromatic hydroxyl groups is 1. The predicted octanol–water partition coefficient (Wildman–Crippen LogP) is 0.272. The van der Waals surface area contributed by atoms with Crippen molar-refractivity contribution in [2.45, 2.75) is 0 Å². The standard InChI is InChI=1S/C15H15N3O5/c19-12-8-10(9-13(20)16-12)14(21)17-3-5-18(6-4-17)15(22)11-2-1-7-23-11/h1-2,7-9H,3-6H2,(H2,16,19,20). The molecule has 2 aromatic heterocycles. The lowest BCUT2D eigenvalue weighted by Crippen LogP contribution is -2.50. The Balaban J connectivity index is 1.65. The largest absolute Gasteiger partial charge is 0.494 e. The van der Waals surface area contributed by atoms with Crippen LogP contribution in [-0.4, -0.2) is 57.9 Å². The normalized spacial score (nSPS) is 14.8. The van der Waals surface area contributed by atoms with Crippen LogP contribution in [0.4, 0.5) is 0 Å². The number of pyridine rings is 1. The average Bonchev–Trinajstić information content (AvgIpc) is 3.07. The Morgan fingerprint density at radius 3 is 2.30 bits per heavy atom. The monoisotopic (exact) mass is 317 g/mol. The van der Waals surface area contributed by atoms with E-state index in [0.29, 0.717) is 26.2 Å². The lowest BCUT2D eigenvalue weighted by Gasteiger charge is -2.34. The summed E-state index contributed by atoms with van der Waals surface area (Å²) in [5, 5.41) is 9.37. The van der Waals surface area contributed by atoms with Crippen LogP contribution < -0.4 is 5.56 Å². The van der Waals surface area contributed by atoms with Gasteiger partial charge < -0.3 is 19.3 Å². The van der Waals surface area contributed by atoms with E-state index in [1.165, 1.54) is 12.3 Å². The van der Waals surface area contributed by atoms with Gasteiger partial charge in [-0.1, -0.05) is 0 Å². The van der Waals surface area contributed by atoms with Gasteiger partial charge in [0.05, 0.1) is 11.8 Å². The summed E-state index contributed by atoms with van der Waals surface area (Å²) in [7, 11) is 0. The second-order valence-electron chi connectivity index (χ2n) is 5.18. The number of carbonyl (C=O) groups excluding carboxylic acids is 2. The van der Waals surface area contributed by atoms with Crippen molar-refractivity contribution in [3.63, 3.8) is 0 Å². The lowest BCUT2D eigenvalue weighted by atomic mass is 10.2. The minimum Gasteiger partial charge on any atom is -0.494 e. The molecule has 0 unspecified atom stereocenters. The summed E-state index contributed by atoms with van der Waals surface area (Å²) in [6.45, 7) is 1.44. The zero-order chi connectivity index (χ0) is 16.4. The summed E-state index contributed by atoms with van der Waals surface area (Å²) in [6, 6.07) is 5.60. The quantitative estimate of drug-likeness (QED) is 0.827. The van der Waals surface area contributed by atoms with E-state index in [0.717, 1.165) is 6.07 Å². The van der Waals surface area contributed by atoms with E-state index in [4.69, 9.17) is 4.42 Å². The van der Waals surface area contributed by atoms with Gasteiger partial charge in [0.25, 0.3) is 17.4 Å². The van der Waals surface area contributed by atoms with Crippen molar-refractivity contribution in [1.29, 1.82) is 0 Å². The molecule has 8 heteroatoms. The molecule has 0 bridgehead atoms. The molecule has 0 aliphatic carbocycles. The number of aromatic amines is 1. The number of H-pyrrole nitrogens is 1. The average molecular weight is 317 g/mol. The maximum absolute atomic E-state index is 12.3. The number of rotatable bonds is 2. The van der Waals surface area contributed by atoms with Gasteiger partial charge in [-0.3, -0.25) is 19.4 Å². The van der Waals surface area contributed by atoms with Crippen molar-refractivity contribution in [1.82, 2.24) is 14.8 Å². The minimum atomic E-state index is -0.542. The Hall–Kier alpha value is -3.03. The molecule has 0 aromatic carbocycles. The Kier molecular flexibility index (Phi) is 3.88. The van der Waals surface area contributed by atoms with Crippen LogP contribution in [0.1, 0.15) is 20.9 Å². The molecule has 1 fully saturated rings. The van der Waals surface area contributed by atoms with E-state index >= 15 is 0 Å². The van der Waals surface area contributed by atoms with Gasteiger partial charge in [-0.2, -0.15) is 0 Å². The Morgan fingerprint density at radius 2 is 1.74 bits per heavy atom. The van der Waals surface area contributed by atoms with Crippen LogP contribution >= 0.6 is 0 Å². The van der Waals surface area contributed by atoms with Gasteiger partial charge >= 0.3 is 0 Å². The number of furan rings is 1. The van der Waals surface area contributed by atoms with Crippen molar-refractivity contribution in [2.75, 3.05) is 26.2 Å². The van der Waals surface area contributed by atoms with Crippen LogP contribution in [0.3, 0.4) is 0 Å². The molecule has 0 atom stereocenters. The summed E-state index contributed by atoms with van der Waals surface area (Å²) in [5.41, 5.74) is -0.419. The molecule has 8 nitrogen and oxygen atoms in total. The molecule has 3 heterocycles. The first-order chi connectivity index (χ1) is 11.0. The number of hydrogen-bond donors (Lipinski definition) is 2. The van der Waals surface area contributed by atoms with Crippen molar-refractivity contribution in [3.05, 3.63) is 52.2 Å². The summed E-state index contributed by atoms with van der Waals surface area (Å²) >= 11 is 0. The van der Waals surface area contributed by atoms with Crippen molar-refractivity contribution in [3.8, 4) is 5.88 Å². The minimum absolute atomic E-state index is 0.122. The van der Waals surface area contributed by atoms with Gasteiger partial charge in [-0.25, -0.2) is 0 Å². The fourth-order valence-electron chi connectivity index (χ4n) is 2.50. The molecule has 1 aliphatic heterocycles. The molecule has 120 valence electrons. The first-order valence-corrected chi connectivity index (χ1v) is 7.10. The summed E-state index contributed by atoms with van der Waals surface area (Å²) in [6.07, 6.45) is 1.44. The fourth-order valence-corrected chi connectivity index (χ4v) is 2.50. The topological polar surface area (TPSA) is 107 Å². The highest BCUT2D eigenvalue weighted by Crippen LogP contribution is 2.13. The Bertz CT molecular complexity index is 773. The number of nitrogens with one attached hydrogen (secondary N) is 1. The highest BCUT2D eigenvalue weighted by Gasteiger charge is 2.26. The van der Waals surface area contributed by atoms with E-state index in [-0.39, 0.29) is 29.0 Å². The van der Waals surface area contributed by atoms with Crippen LogP contribution in [0.15, 0.2) is 39.7 Å². The second kappa shape index (κ2) is 5.99. The number of amides is 2. The van der Waals surface area contributed by atoms with E-state index in [2.05, 4.69) is 4.98 Å². The van der Waals surface area contributed by atoms with E-state index < -0.39 is 5.56 Å². The highest BCUT2D eigenvalue weighted by atomic mass is 16.3. The predicted molar refractivity (Wildman–Crippen MR) is 79.2 cm³/mol. The van der Waals surface area contributed by atoms with Gasteiger partial charge in [-0.05, 0) is 12.1 Å². The molecule has 3 rings (SSSR count). The van der Waals surface area contributed by atoms with Crippen molar-refractivity contribution >= 4 is 11.8 Å². The number of piperazine rings is 1. The third-order valence-electron chi connectivity index (χ3n) is 3.66. The highest BCUT2D eigenvalue weighted by molar-refractivity contribution is 5.95. The summed E-state index contributed by atoms with van der Waals surface area (Å²) in [5.74, 6) is -0.649. The molecule has 2 aromatic rings. The zero-order valence-electron chi connectivity index (χ0n) is 12.2. The number of hydrogen-bond acceptors (Lipinski definition) is 5. The van der Waals surface area contributed by atoms with Crippen LogP contribution in [0, 0.1) is 0 Å². The second-order valence-corrected chi connectivity index (χ2v) is 5.18. The Labute approximate surface area is 130 Å². The van der Waals surface area contributed by atoms with Crippen LogP contribution in [-0.2, 0) is 0 Å². The van der Waals surface area contributed by atoms with Crippen LogP contribution in [0.25, 0.3) is 0 Å². The number of aromatic nitrogens is 1. The molecule has 0 saturated carbocycles. The van der Waals surface area contributed by atoms with Gasteiger partial charge in [0.1, 0.15) is 0 Å². The van der Waals surface area contributed by atoms with Crippen LogP contribution in [0.5, 0.6) is 5.88 Å². The van der Waals surface area contributed by atoms with Gasteiger partial charge in [-0.15, -0.1) is 0 Å². The van der Waals surface area contributed by atoms with E-state index in [1.54, 1.807) is 21.9 Å². The van der Waals surface area contributed by atoms with Crippen molar-refractivity contribution < 1.29 is 19.1 Å². The van der Waals surface area contributed by atoms with E-state index in [9.17, 15) is 19.5 Å². The van der Waals surface area contributed by atoms with Crippen LogP contribution in [0.2, 0.25) is 0 Å². The summed E-state index contributed by atoms with van der Waals surface area (Å²) < 4.78 is 5.08. The van der Waals surface area contributed by atoms with E-state index in [1.807, 2.05) is 0 Å². The first-order valence-electron chi connectivity index (χ1n) is 7.10. The SMILES string of the molecule is O=C(c1cc(O)[nH]c(=O)c1)N1CCN(C(=O)c2ccco2)CC1. The lowest BCUT2D eigenvalue weighted by molar-refractivity contribution is 0.0518.